The molecule has 2 aromatic heterocycles. The minimum absolute atomic E-state index is 0.257. The average Bonchev–Trinajstić information content (AvgIpc) is 2.87. The predicted octanol–water partition coefficient (Wildman–Crippen LogP) is 3.09. The van der Waals surface area contributed by atoms with E-state index in [1.807, 2.05) is 11.3 Å². The van der Waals surface area contributed by atoms with Crippen LogP contribution >= 0.6 is 11.3 Å². The van der Waals surface area contributed by atoms with Gasteiger partial charge in [-0.05, 0) is 19.3 Å². The van der Waals surface area contributed by atoms with E-state index < -0.39 is 0 Å². The molecule has 17 heavy (non-hydrogen) atoms. The molecular formula is C12H16N2O2S. The van der Waals surface area contributed by atoms with Crippen LogP contribution in [-0.4, -0.2) is 22.0 Å². The molecule has 0 fully saturated rings. The minimum Gasteiger partial charge on any atom is -0.461 e. The number of aromatic nitrogens is 2. The third-order valence-electron chi connectivity index (χ3n) is 2.82. The van der Waals surface area contributed by atoms with E-state index in [-0.39, 0.29) is 5.97 Å². The number of esters is 1. The first-order valence-electron chi connectivity index (χ1n) is 5.80. The molecule has 0 saturated heterocycles. The van der Waals surface area contributed by atoms with E-state index in [1.54, 1.807) is 23.9 Å². The SMILES string of the molecule is CCOC(=O)c1c([C@@H](C)CC)sc2cncn12. The molecule has 0 spiro atoms. The number of ether oxygens (including phenoxy) is 1. The number of imidazole rings is 1. The summed E-state index contributed by atoms with van der Waals surface area (Å²) in [6.07, 6.45) is 4.45. The average molecular weight is 252 g/mol. The van der Waals surface area contributed by atoms with E-state index in [0.717, 1.165) is 16.1 Å². The zero-order valence-corrected chi connectivity index (χ0v) is 11.1. The van der Waals surface area contributed by atoms with Crippen molar-refractivity contribution in [3.8, 4) is 0 Å². The van der Waals surface area contributed by atoms with E-state index in [2.05, 4.69) is 18.8 Å². The van der Waals surface area contributed by atoms with Crippen molar-refractivity contribution >= 4 is 22.1 Å². The molecule has 0 aliphatic rings. The first-order valence-corrected chi connectivity index (χ1v) is 6.62. The van der Waals surface area contributed by atoms with Gasteiger partial charge in [-0.3, -0.25) is 4.40 Å². The Bertz CT molecular complexity index is 530. The van der Waals surface area contributed by atoms with E-state index in [0.29, 0.717) is 18.2 Å². The quantitative estimate of drug-likeness (QED) is 0.785. The molecule has 2 heterocycles. The highest BCUT2D eigenvalue weighted by Crippen LogP contribution is 2.32. The van der Waals surface area contributed by atoms with Crippen LogP contribution in [0.2, 0.25) is 0 Å². The molecule has 92 valence electrons. The topological polar surface area (TPSA) is 43.6 Å². The molecule has 0 aliphatic carbocycles. The van der Waals surface area contributed by atoms with Crippen LogP contribution in [0.5, 0.6) is 0 Å². The second-order valence-corrected chi connectivity index (χ2v) is 5.01. The lowest BCUT2D eigenvalue weighted by Gasteiger charge is -2.08. The summed E-state index contributed by atoms with van der Waals surface area (Å²) in [5.74, 6) is 0.103. The Hall–Kier alpha value is -1.36. The molecule has 0 radical (unpaired) electrons. The summed E-state index contributed by atoms with van der Waals surface area (Å²) in [4.78, 5) is 18.1. The van der Waals surface area contributed by atoms with Crippen molar-refractivity contribution < 1.29 is 9.53 Å². The molecule has 1 atom stereocenters. The van der Waals surface area contributed by atoms with Crippen LogP contribution in [0.3, 0.4) is 0 Å². The zero-order chi connectivity index (χ0) is 12.4. The Balaban J connectivity index is 2.54. The van der Waals surface area contributed by atoms with Gasteiger partial charge in [0.2, 0.25) is 0 Å². The van der Waals surface area contributed by atoms with Crippen LogP contribution in [0.25, 0.3) is 4.83 Å². The number of carbonyl (C=O) groups is 1. The van der Waals surface area contributed by atoms with Crippen LogP contribution in [0.15, 0.2) is 12.5 Å². The molecule has 5 heteroatoms. The summed E-state index contributed by atoms with van der Waals surface area (Å²) in [7, 11) is 0. The number of rotatable bonds is 4. The van der Waals surface area contributed by atoms with Crippen LogP contribution in [0.4, 0.5) is 0 Å². The Morgan fingerprint density at radius 1 is 1.59 bits per heavy atom. The van der Waals surface area contributed by atoms with Gasteiger partial charge in [-0.25, -0.2) is 9.78 Å². The number of hydrogen-bond donors (Lipinski definition) is 0. The van der Waals surface area contributed by atoms with E-state index in [4.69, 9.17) is 4.74 Å². The van der Waals surface area contributed by atoms with Gasteiger partial charge in [0.1, 0.15) is 16.9 Å². The van der Waals surface area contributed by atoms with Gasteiger partial charge in [0.25, 0.3) is 0 Å². The maximum Gasteiger partial charge on any atom is 0.356 e. The smallest absolute Gasteiger partial charge is 0.356 e. The van der Waals surface area contributed by atoms with Crippen LogP contribution in [-0.2, 0) is 4.74 Å². The van der Waals surface area contributed by atoms with Gasteiger partial charge in [0.15, 0.2) is 0 Å². The summed E-state index contributed by atoms with van der Waals surface area (Å²) in [6, 6.07) is 0. The van der Waals surface area contributed by atoms with Crippen LogP contribution in [0, 0.1) is 0 Å². The summed E-state index contributed by atoms with van der Waals surface area (Å²) in [5.41, 5.74) is 0.638. The zero-order valence-electron chi connectivity index (χ0n) is 10.3. The second kappa shape index (κ2) is 4.87. The summed E-state index contributed by atoms with van der Waals surface area (Å²) in [6.45, 7) is 6.46. The number of hydrogen-bond acceptors (Lipinski definition) is 4. The first kappa shape index (κ1) is 12.1. The summed E-state index contributed by atoms with van der Waals surface area (Å²) >= 11 is 1.62. The second-order valence-electron chi connectivity index (χ2n) is 3.95. The molecule has 2 rings (SSSR count). The van der Waals surface area contributed by atoms with Crippen molar-refractivity contribution in [2.75, 3.05) is 6.61 Å². The van der Waals surface area contributed by atoms with Gasteiger partial charge in [0.05, 0.1) is 12.8 Å². The number of fused-ring (bicyclic) bond motifs is 1. The van der Waals surface area contributed by atoms with Crippen molar-refractivity contribution in [1.82, 2.24) is 9.38 Å². The van der Waals surface area contributed by atoms with Gasteiger partial charge in [-0.15, -0.1) is 11.3 Å². The molecule has 0 amide bonds. The Labute approximate surface area is 104 Å². The monoisotopic (exact) mass is 252 g/mol. The van der Waals surface area contributed by atoms with Crippen molar-refractivity contribution in [3.63, 3.8) is 0 Å². The van der Waals surface area contributed by atoms with E-state index in [1.165, 1.54) is 0 Å². The first-order chi connectivity index (χ1) is 8.19. The van der Waals surface area contributed by atoms with E-state index >= 15 is 0 Å². The fourth-order valence-electron chi connectivity index (χ4n) is 1.72. The molecule has 0 bridgehead atoms. The van der Waals surface area contributed by atoms with Gasteiger partial charge in [0, 0.05) is 4.88 Å². The molecule has 0 N–H and O–H groups in total. The third-order valence-corrected chi connectivity index (χ3v) is 4.15. The maximum absolute atomic E-state index is 12.0. The van der Waals surface area contributed by atoms with Crippen molar-refractivity contribution in [1.29, 1.82) is 0 Å². The van der Waals surface area contributed by atoms with Crippen molar-refractivity contribution in [2.24, 2.45) is 0 Å². The highest BCUT2D eigenvalue weighted by molar-refractivity contribution is 7.17. The van der Waals surface area contributed by atoms with Crippen molar-refractivity contribution in [3.05, 3.63) is 23.1 Å². The highest BCUT2D eigenvalue weighted by atomic mass is 32.1. The van der Waals surface area contributed by atoms with Gasteiger partial charge < -0.3 is 4.74 Å². The minimum atomic E-state index is -0.257. The highest BCUT2D eigenvalue weighted by Gasteiger charge is 2.23. The van der Waals surface area contributed by atoms with Crippen molar-refractivity contribution in [2.45, 2.75) is 33.1 Å². The predicted molar refractivity (Wildman–Crippen MR) is 67.7 cm³/mol. The van der Waals surface area contributed by atoms with Crippen LogP contribution < -0.4 is 0 Å². The fraction of sp³-hybridized carbons (Fsp3) is 0.500. The largest absolute Gasteiger partial charge is 0.461 e. The Morgan fingerprint density at radius 2 is 2.35 bits per heavy atom. The maximum atomic E-state index is 12.0. The van der Waals surface area contributed by atoms with E-state index in [9.17, 15) is 4.79 Å². The molecule has 0 aliphatic heterocycles. The summed E-state index contributed by atoms with van der Waals surface area (Å²) < 4.78 is 6.94. The van der Waals surface area contributed by atoms with Crippen LogP contribution in [0.1, 0.15) is 48.5 Å². The molecule has 0 saturated carbocycles. The number of thiazole rings is 1. The number of carbonyl (C=O) groups excluding carboxylic acids is 1. The molecule has 0 aromatic carbocycles. The molecule has 0 unspecified atom stereocenters. The fourth-order valence-corrected chi connectivity index (χ4v) is 2.95. The lowest BCUT2D eigenvalue weighted by Crippen LogP contribution is -2.11. The molecule has 2 aromatic rings. The summed E-state index contributed by atoms with van der Waals surface area (Å²) in [5, 5.41) is 0. The molecule has 4 nitrogen and oxygen atoms in total. The lowest BCUT2D eigenvalue weighted by atomic mass is 10.1. The lowest BCUT2D eigenvalue weighted by molar-refractivity contribution is 0.0516. The Kier molecular flexibility index (Phi) is 3.47. The normalized spacial score (nSPS) is 12.9. The standard InChI is InChI=1S/C12H16N2O2S/c1-4-8(3)11-10(12(15)16-5-2)14-7-13-6-9(14)17-11/h6-8H,4-5H2,1-3H3/t8-/m0/s1. The van der Waals surface area contributed by atoms with Gasteiger partial charge >= 0.3 is 5.97 Å². The molecular weight excluding hydrogens is 236 g/mol. The Morgan fingerprint density at radius 3 is 3.00 bits per heavy atom. The third kappa shape index (κ3) is 2.07. The number of nitrogens with zero attached hydrogens (tertiary/aromatic N) is 2. The van der Waals surface area contributed by atoms with Gasteiger partial charge in [-0.1, -0.05) is 13.8 Å². The van der Waals surface area contributed by atoms with Gasteiger partial charge in [-0.2, -0.15) is 0 Å².